The molecule has 128 valence electrons. The first kappa shape index (κ1) is 16.6. The summed E-state index contributed by atoms with van der Waals surface area (Å²) in [5.74, 6) is -0.382. The van der Waals surface area contributed by atoms with Crippen molar-refractivity contribution in [1.82, 2.24) is 5.01 Å². The zero-order valence-corrected chi connectivity index (χ0v) is 13.9. The summed E-state index contributed by atoms with van der Waals surface area (Å²) in [5, 5.41) is 17.3. The topological polar surface area (TPSA) is 85.0 Å². The Morgan fingerprint density at radius 2 is 1.88 bits per heavy atom. The van der Waals surface area contributed by atoms with Gasteiger partial charge in [0.15, 0.2) is 0 Å². The number of nitrogens with zero attached hydrogens (tertiary/aromatic N) is 3. The van der Waals surface area contributed by atoms with E-state index in [-0.39, 0.29) is 18.1 Å². The molecule has 0 radical (unpaired) electrons. The third-order valence-electron chi connectivity index (χ3n) is 3.89. The van der Waals surface area contributed by atoms with Crippen LogP contribution in [0.3, 0.4) is 0 Å². The molecule has 0 saturated carbocycles. The highest BCUT2D eigenvalue weighted by atomic mass is 16.6. The molecule has 3 rings (SSSR count). The van der Waals surface area contributed by atoms with Crippen LogP contribution in [0.2, 0.25) is 0 Å². The molecule has 7 nitrogen and oxygen atoms in total. The van der Waals surface area contributed by atoms with Crippen molar-refractivity contribution in [2.45, 2.75) is 12.5 Å². The fourth-order valence-corrected chi connectivity index (χ4v) is 2.87. The molecule has 0 aliphatic carbocycles. The molecule has 2 aromatic rings. The summed E-state index contributed by atoms with van der Waals surface area (Å²) in [4.78, 5) is 22.9. The fraction of sp³-hybridized carbons (Fsp3) is 0.222. The third kappa shape index (κ3) is 3.35. The number of fused-ring (bicyclic) bond motifs is 1. The SMILES string of the molecule is CN(C)/N=C(\C[C@@H]1OC(=O)c2ccccc21)c1ccccc1[N+](=O)[O-]. The Hall–Kier alpha value is -3.22. The lowest BCUT2D eigenvalue weighted by atomic mass is 9.97. The Labute approximate surface area is 144 Å². The van der Waals surface area contributed by atoms with Crippen molar-refractivity contribution in [3.05, 3.63) is 75.3 Å². The minimum Gasteiger partial charge on any atom is -0.453 e. The maximum Gasteiger partial charge on any atom is 0.339 e. The maximum atomic E-state index is 12.0. The summed E-state index contributed by atoms with van der Waals surface area (Å²) >= 11 is 0. The first-order valence-corrected chi connectivity index (χ1v) is 7.76. The van der Waals surface area contributed by atoms with Crippen LogP contribution in [0.25, 0.3) is 0 Å². The number of carbonyl (C=O) groups excluding carboxylic acids is 1. The largest absolute Gasteiger partial charge is 0.453 e. The first-order valence-electron chi connectivity index (χ1n) is 7.76. The minimum atomic E-state index is -0.512. The second kappa shape index (κ2) is 6.72. The van der Waals surface area contributed by atoms with E-state index in [1.165, 1.54) is 6.07 Å². The molecule has 0 unspecified atom stereocenters. The van der Waals surface area contributed by atoms with Crippen molar-refractivity contribution >= 4 is 17.4 Å². The number of carbonyl (C=O) groups is 1. The van der Waals surface area contributed by atoms with Gasteiger partial charge in [0.05, 0.1) is 21.8 Å². The zero-order valence-electron chi connectivity index (χ0n) is 13.9. The van der Waals surface area contributed by atoms with Crippen molar-refractivity contribution in [2.24, 2.45) is 5.10 Å². The zero-order chi connectivity index (χ0) is 18.0. The first-order chi connectivity index (χ1) is 12.0. The number of nitro groups is 1. The van der Waals surface area contributed by atoms with Gasteiger partial charge in [-0.1, -0.05) is 30.3 Å². The van der Waals surface area contributed by atoms with Crippen LogP contribution in [0.5, 0.6) is 0 Å². The van der Waals surface area contributed by atoms with E-state index in [2.05, 4.69) is 5.10 Å². The lowest BCUT2D eigenvalue weighted by molar-refractivity contribution is -0.385. The lowest BCUT2D eigenvalue weighted by Crippen LogP contribution is -2.15. The number of hydrogen-bond donors (Lipinski definition) is 0. The van der Waals surface area contributed by atoms with Crippen LogP contribution in [-0.4, -0.2) is 35.7 Å². The van der Waals surface area contributed by atoms with Gasteiger partial charge in [0.2, 0.25) is 0 Å². The third-order valence-corrected chi connectivity index (χ3v) is 3.89. The Morgan fingerprint density at radius 1 is 1.20 bits per heavy atom. The normalized spacial score (nSPS) is 16.3. The number of nitro benzene ring substituents is 1. The molecule has 0 bridgehead atoms. The smallest absolute Gasteiger partial charge is 0.339 e. The number of rotatable bonds is 5. The van der Waals surface area contributed by atoms with Crippen molar-refractivity contribution in [2.75, 3.05) is 14.1 Å². The number of benzene rings is 2. The predicted octanol–water partition coefficient (Wildman–Crippen LogP) is 3.16. The van der Waals surface area contributed by atoms with Gasteiger partial charge in [-0.25, -0.2) is 4.79 Å². The van der Waals surface area contributed by atoms with E-state index in [1.807, 2.05) is 12.1 Å². The molecule has 1 heterocycles. The number of hydrogen-bond acceptors (Lipinski definition) is 6. The van der Waals surface area contributed by atoms with Gasteiger partial charge in [-0.3, -0.25) is 10.1 Å². The van der Waals surface area contributed by atoms with Crippen molar-refractivity contribution in [1.29, 1.82) is 0 Å². The van der Waals surface area contributed by atoms with E-state index in [4.69, 9.17) is 4.74 Å². The van der Waals surface area contributed by atoms with Gasteiger partial charge >= 0.3 is 5.97 Å². The Balaban J connectivity index is 2.00. The Bertz CT molecular complexity index is 861. The molecule has 0 fully saturated rings. The average Bonchev–Trinajstić information content (AvgIpc) is 2.90. The summed E-state index contributed by atoms with van der Waals surface area (Å²) in [7, 11) is 3.48. The van der Waals surface area contributed by atoms with E-state index in [0.29, 0.717) is 16.8 Å². The molecule has 1 aliphatic rings. The molecule has 1 atom stereocenters. The highest BCUT2D eigenvalue weighted by molar-refractivity contribution is 6.05. The summed E-state index contributed by atoms with van der Waals surface area (Å²) in [5.41, 5.74) is 2.19. The highest BCUT2D eigenvalue weighted by Crippen LogP contribution is 2.35. The monoisotopic (exact) mass is 339 g/mol. The number of cyclic esters (lactones) is 1. The van der Waals surface area contributed by atoms with Gasteiger partial charge in [-0.05, 0) is 12.1 Å². The Morgan fingerprint density at radius 3 is 2.60 bits per heavy atom. The van der Waals surface area contributed by atoms with Gasteiger partial charge in [-0.2, -0.15) is 5.10 Å². The molecular formula is C18H17N3O4. The summed E-state index contributed by atoms with van der Waals surface area (Å²) in [6, 6.07) is 13.6. The molecule has 0 amide bonds. The predicted molar refractivity (Wildman–Crippen MR) is 92.5 cm³/mol. The van der Waals surface area contributed by atoms with Crippen LogP contribution in [-0.2, 0) is 4.74 Å². The Kier molecular flexibility index (Phi) is 4.47. The van der Waals surface area contributed by atoms with E-state index in [1.54, 1.807) is 49.4 Å². The fourth-order valence-electron chi connectivity index (χ4n) is 2.87. The van der Waals surface area contributed by atoms with Crippen LogP contribution in [0.4, 0.5) is 5.69 Å². The number of ether oxygens (including phenoxy) is 1. The van der Waals surface area contributed by atoms with E-state index < -0.39 is 11.0 Å². The van der Waals surface area contributed by atoms with Crippen LogP contribution in [0.1, 0.15) is 34.0 Å². The van der Waals surface area contributed by atoms with Gasteiger partial charge in [0, 0.05) is 32.1 Å². The molecule has 0 saturated heterocycles. The summed E-state index contributed by atoms with van der Waals surface area (Å²) < 4.78 is 5.46. The molecule has 0 N–H and O–H groups in total. The van der Waals surface area contributed by atoms with Crippen LogP contribution >= 0.6 is 0 Å². The molecule has 7 heteroatoms. The number of para-hydroxylation sites is 1. The van der Waals surface area contributed by atoms with E-state index in [9.17, 15) is 14.9 Å². The quantitative estimate of drug-likeness (QED) is 0.361. The molecule has 1 aliphatic heterocycles. The van der Waals surface area contributed by atoms with Gasteiger partial charge in [-0.15, -0.1) is 0 Å². The molecule has 25 heavy (non-hydrogen) atoms. The summed E-state index contributed by atoms with van der Waals surface area (Å²) in [6.07, 6.45) is -0.256. The second-order valence-corrected chi connectivity index (χ2v) is 5.85. The van der Waals surface area contributed by atoms with Crippen LogP contribution in [0.15, 0.2) is 53.6 Å². The van der Waals surface area contributed by atoms with Crippen molar-refractivity contribution in [3.8, 4) is 0 Å². The number of esters is 1. The standard InChI is InChI=1S/C18H17N3O4/c1-20(2)19-15(14-9-5-6-10-16(14)21(23)24)11-17-12-7-3-4-8-13(12)18(22)25-17/h3-10,17H,11H2,1-2H3/b19-15+/t17-/m0/s1. The highest BCUT2D eigenvalue weighted by Gasteiger charge is 2.33. The van der Waals surface area contributed by atoms with Gasteiger partial charge in [0.25, 0.3) is 5.69 Å². The maximum absolute atomic E-state index is 12.0. The van der Waals surface area contributed by atoms with Crippen molar-refractivity contribution < 1.29 is 14.5 Å². The van der Waals surface area contributed by atoms with Crippen LogP contribution in [0, 0.1) is 10.1 Å². The lowest BCUT2D eigenvalue weighted by Gasteiger charge is -2.15. The minimum absolute atomic E-state index is 0.0271. The second-order valence-electron chi connectivity index (χ2n) is 5.85. The van der Waals surface area contributed by atoms with Crippen molar-refractivity contribution in [3.63, 3.8) is 0 Å². The molecule has 0 aromatic heterocycles. The van der Waals surface area contributed by atoms with Crippen LogP contribution < -0.4 is 0 Å². The number of hydrazone groups is 1. The molecule has 0 spiro atoms. The van der Waals surface area contributed by atoms with Gasteiger partial charge in [0.1, 0.15) is 6.10 Å². The molecule has 2 aromatic carbocycles. The summed E-state index contributed by atoms with van der Waals surface area (Å²) in [6.45, 7) is 0. The molecular weight excluding hydrogens is 322 g/mol. The van der Waals surface area contributed by atoms with E-state index in [0.717, 1.165) is 5.56 Å². The van der Waals surface area contributed by atoms with Gasteiger partial charge < -0.3 is 9.75 Å². The average molecular weight is 339 g/mol. The van der Waals surface area contributed by atoms with E-state index >= 15 is 0 Å².